The van der Waals surface area contributed by atoms with E-state index < -0.39 is 0 Å². The van der Waals surface area contributed by atoms with E-state index in [1.807, 2.05) is 6.07 Å². The Balaban J connectivity index is 2.67. The lowest BCUT2D eigenvalue weighted by atomic mass is 11.1. The molecule has 18 heavy (non-hydrogen) atoms. The first kappa shape index (κ1) is 12.7. The summed E-state index contributed by atoms with van der Waals surface area (Å²) in [7, 11) is 0. The predicted octanol–water partition coefficient (Wildman–Crippen LogP) is 6.85. The van der Waals surface area contributed by atoms with Crippen LogP contribution in [0.5, 0.6) is 0 Å². The topological polar surface area (TPSA) is 13.1 Å². The molecule has 0 aliphatic rings. The Morgan fingerprint density at radius 1 is 0.722 bits per heavy atom. The van der Waals surface area contributed by atoms with Crippen LogP contribution in [0.1, 0.15) is 0 Å². The fourth-order valence-electron chi connectivity index (χ4n) is 1.86. The molecule has 6 heteroatoms. The quantitative estimate of drug-likeness (QED) is 0.318. The van der Waals surface area contributed by atoms with Gasteiger partial charge in [-0.3, -0.25) is 0 Å². The average molecular weight is 352 g/mol. The van der Waals surface area contributed by atoms with Gasteiger partial charge in [0.1, 0.15) is 5.02 Å². The summed E-state index contributed by atoms with van der Waals surface area (Å²) in [5.41, 5.74) is 0.899. The standard InChI is InChI=1S/C12H3Cl5O/c13-5-3-1-2-4-6-7(14)8(15)9(16)10(17)12(6)18-11(4)5/h1-3H/i1+1,2+1,3+1,4+1,5+1,6+1,7+1,8+1,9+1,10+1,11+1,12+1. The van der Waals surface area contributed by atoms with Crippen LogP contribution in [0.25, 0.3) is 21.9 Å². The van der Waals surface area contributed by atoms with E-state index >= 15 is 0 Å². The second-order valence-electron chi connectivity index (χ2n) is 3.68. The molecule has 1 nitrogen and oxygen atoms in total. The zero-order chi connectivity index (χ0) is 13.0. The first-order chi connectivity index (χ1) is 8.52. The number of rotatable bonds is 0. The smallest absolute Gasteiger partial charge is 0.157 e. The van der Waals surface area contributed by atoms with E-state index in [0.29, 0.717) is 26.6 Å². The summed E-state index contributed by atoms with van der Waals surface area (Å²) in [5, 5.41) is 2.76. The Bertz CT molecular complexity index is 790. The van der Waals surface area contributed by atoms with Gasteiger partial charge in [0.25, 0.3) is 0 Å². The Hall–Kier alpha value is -0.310. The molecule has 1 heterocycles. The van der Waals surface area contributed by atoms with Crippen molar-refractivity contribution in [1.29, 1.82) is 0 Å². The van der Waals surface area contributed by atoms with Crippen molar-refractivity contribution >= 4 is 79.9 Å². The summed E-state index contributed by atoms with van der Waals surface area (Å²) in [4.78, 5) is 0. The maximum atomic E-state index is 6.20. The molecule has 0 atom stereocenters. The van der Waals surface area contributed by atoms with Gasteiger partial charge in [-0.05, 0) is 6.07 Å². The molecule has 0 fully saturated rings. The van der Waals surface area contributed by atoms with Gasteiger partial charge in [0.2, 0.25) is 0 Å². The lowest BCUT2D eigenvalue weighted by Crippen LogP contribution is -1.77. The first-order valence-electron chi connectivity index (χ1n) is 4.85. The monoisotopic (exact) mass is 350 g/mol. The Morgan fingerprint density at radius 2 is 1.39 bits per heavy atom. The highest BCUT2D eigenvalue weighted by molar-refractivity contribution is 6.56. The van der Waals surface area contributed by atoms with Gasteiger partial charge in [0.15, 0.2) is 11.2 Å². The molecule has 0 unspecified atom stereocenters. The van der Waals surface area contributed by atoms with Gasteiger partial charge in [-0.15, -0.1) is 0 Å². The zero-order valence-corrected chi connectivity index (χ0v) is 12.3. The molecule has 0 radical (unpaired) electrons. The fraction of sp³-hybridized carbons (Fsp3) is 0. The van der Waals surface area contributed by atoms with Crippen LogP contribution < -0.4 is 0 Å². The molecule has 0 aliphatic carbocycles. The molecule has 92 valence electrons. The molecule has 1 aromatic heterocycles. The molecule has 2 aromatic carbocycles. The maximum Gasteiger partial charge on any atom is 0.157 e. The third-order valence-corrected chi connectivity index (χ3v) is 4.75. The van der Waals surface area contributed by atoms with Crippen molar-refractivity contribution in [2.24, 2.45) is 0 Å². The van der Waals surface area contributed by atoms with Crippen molar-refractivity contribution in [2.45, 2.75) is 0 Å². The summed E-state index contributed by atoms with van der Waals surface area (Å²) in [6, 6.07) is 5.35. The van der Waals surface area contributed by atoms with Gasteiger partial charge in [0.05, 0.1) is 25.5 Å². The minimum absolute atomic E-state index is 0.172. The van der Waals surface area contributed by atoms with E-state index in [0.717, 1.165) is 5.39 Å². The SMILES string of the molecule is Cl[13c]1[13c](Cl)[13c](Cl)[13c]2[13c](o[13c]3[13c](Cl)[13cH][13cH][13cH][13c]32)[13c]1Cl. The van der Waals surface area contributed by atoms with Gasteiger partial charge in [-0.2, -0.15) is 0 Å². The van der Waals surface area contributed by atoms with Crippen molar-refractivity contribution in [3.63, 3.8) is 0 Å². The van der Waals surface area contributed by atoms with Gasteiger partial charge in [-0.25, -0.2) is 0 Å². The molecule has 3 aromatic rings. The molecule has 0 N–H and O–H groups in total. The van der Waals surface area contributed by atoms with E-state index in [1.165, 1.54) is 0 Å². The van der Waals surface area contributed by atoms with Crippen LogP contribution in [-0.2, 0) is 0 Å². The highest BCUT2D eigenvalue weighted by atomic mass is 35.5. The lowest BCUT2D eigenvalue weighted by molar-refractivity contribution is 0.669. The van der Waals surface area contributed by atoms with Crippen LogP contribution >= 0.6 is 58.0 Å². The van der Waals surface area contributed by atoms with Crippen molar-refractivity contribution in [3.05, 3.63) is 43.3 Å². The largest absolute Gasteiger partial charge is 0.453 e. The Labute approximate surface area is 127 Å². The maximum absolute atomic E-state index is 6.20. The van der Waals surface area contributed by atoms with Crippen LogP contribution in [0.15, 0.2) is 22.6 Å². The summed E-state index contributed by atoms with van der Waals surface area (Å²) < 4.78 is 5.64. The van der Waals surface area contributed by atoms with Crippen LogP contribution in [0, 0.1) is 0 Å². The molecule has 0 saturated carbocycles. The minimum atomic E-state index is 0.172. The summed E-state index contributed by atoms with van der Waals surface area (Å²) in [5.74, 6) is 0. The number of para-hydroxylation sites is 1. The summed E-state index contributed by atoms with van der Waals surface area (Å²) in [6.45, 7) is 0. The van der Waals surface area contributed by atoms with Crippen LogP contribution in [0.2, 0.25) is 25.1 Å². The molecule has 3 rings (SSSR count). The third kappa shape index (κ3) is 1.62. The summed E-state index contributed by atoms with van der Waals surface area (Å²) in [6.07, 6.45) is 0. The molecular formula is C12H3Cl5O. The third-order valence-electron chi connectivity index (χ3n) is 2.66. The molecule has 0 amide bonds. The van der Waals surface area contributed by atoms with Crippen molar-refractivity contribution in [2.75, 3.05) is 0 Å². The number of hydrogen-bond donors (Lipinski definition) is 0. The molecule has 0 spiro atoms. The molecular weight excluding hydrogens is 349 g/mol. The van der Waals surface area contributed by atoms with Crippen molar-refractivity contribution < 1.29 is 4.42 Å². The lowest BCUT2D eigenvalue weighted by Gasteiger charge is -2.03. The number of hydrogen-bond acceptors (Lipinski definition) is 1. The van der Waals surface area contributed by atoms with Crippen LogP contribution in [0.3, 0.4) is 0 Å². The molecule has 0 bridgehead atoms. The predicted molar refractivity (Wildman–Crippen MR) is 78.8 cm³/mol. The molecule has 0 saturated heterocycles. The van der Waals surface area contributed by atoms with Crippen molar-refractivity contribution in [3.8, 4) is 0 Å². The van der Waals surface area contributed by atoms with Gasteiger partial charge in [-0.1, -0.05) is 70.1 Å². The fourth-order valence-corrected chi connectivity index (χ4v) is 3.05. The molecule has 0 aliphatic heterocycles. The number of furan rings is 1. The summed E-state index contributed by atoms with van der Waals surface area (Å²) >= 11 is 30.4. The van der Waals surface area contributed by atoms with E-state index in [1.54, 1.807) is 12.1 Å². The number of benzene rings is 2. The zero-order valence-electron chi connectivity index (χ0n) is 8.53. The van der Waals surface area contributed by atoms with Gasteiger partial charge >= 0.3 is 0 Å². The van der Waals surface area contributed by atoms with Crippen LogP contribution in [-0.4, -0.2) is 0 Å². The Kier molecular flexibility index (Phi) is 3.08. The minimum Gasteiger partial charge on any atom is -0.453 e. The van der Waals surface area contributed by atoms with Crippen molar-refractivity contribution in [1.82, 2.24) is 0 Å². The highest BCUT2D eigenvalue weighted by Gasteiger charge is 2.21. The second-order valence-corrected chi connectivity index (χ2v) is 5.60. The second kappa shape index (κ2) is 4.36. The van der Waals surface area contributed by atoms with E-state index in [-0.39, 0.29) is 15.1 Å². The highest BCUT2D eigenvalue weighted by Crippen LogP contribution is 2.47. The van der Waals surface area contributed by atoms with E-state index in [2.05, 4.69) is 0 Å². The van der Waals surface area contributed by atoms with Gasteiger partial charge in [0, 0.05) is 5.39 Å². The van der Waals surface area contributed by atoms with E-state index in [4.69, 9.17) is 62.4 Å². The normalized spacial score (nSPS) is 11.6. The number of fused-ring (bicyclic) bond motifs is 3. The first-order valence-corrected chi connectivity index (χ1v) is 6.74. The van der Waals surface area contributed by atoms with Crippen LogP contribution in [0.4, 0.5) is 0 Å². The van der Waals surface area contributed by atoms with Gasteiger partial charge < -0.3 is 4.42 Å². The number of halogens is 5. The average Bonchev–Trinajstić information content (AvgIpc) is 2.75. The van der Waals surface area contributed by atoms with E-state index in [9.17, 15) is 0 Å². The Morgan fingerprint density at radius 3 is 2.11 bits per heavy atom.